The molecule has 3 nitrogen and oxygen atoms in total. The van der Waals surface area contributed by atoms with Crippen LogP contribution in [0.2, 0.25) is 0 Å². The first-order valence-electron chi connectivity index (χ1n) is 10.0. The van der Waals surface area contributed by atoms with E-state index in [4.69, 9.17) is 5.73 Å². The van der Waals surface area contributed by atoms with Gasteiger partial charge in [-0.2, -0.15) is 4.91 Å². The molecule has 0 heterocycles. The molecule has 0 aromatic rings. The van der Waals surface area contributed by atoms with E-state index in [0.717, 1.165) is 19.3 Å². The molecular formula is C20H42N2O. The van der Waals surface area contributed by atoms with Gasteiger partial charge in [-0.15, -0.1) is 0 Å². The molecule has 0 fully saturated rings. The van der Waals surface area contributed by atoms with Crippen molar-refractivity contribution in [2.24, 2.45) is 22.2 Å². The Morgan fingerprint density at radius 3 is 2.09 bits per heavy atom. The summed E-state index contributed by atoms with van der Waals surface area (Å²) in [6.07, 6.45) is 14.8. The minimum absolute atomic E-state index is 0.138. The highest BCUT2D eigenvalue weighted by Gasteiger charge is 2.22. The van der Waals surface area contributed by atoms with Crippen molar-refractivity contribution in [2.45, 2.75) is 111 Å². The number of hydrogen-bond acceptors (Lipinski definition) is 3. The van der Waals surface area contributed by atoms with Gasteiger partial charge in [-0.05, 0) is 37.0 Å². The van der Waals surface area contributed by atoms with Crippen LogP contribution in [0.5, 0.6) is 0 Å². The van der Waals surface area contributed by atoms with Crippen LogP contribution >= 0.6 is 0 Å². The minimum Gasteiger partial charge on any atom is -0.327 e. The first-order chi connectivity index (χ1) is 11.0. The van der Waals surface area contributed by atoms with Crippen molar-refractivity contribution in [3.63, 3.8) is 0 Å². The van der Waals surface area contributed by atoms with Crippen LogP contribution in [-0.4, -0.2) is 12.6 Å². The largest absolute Gasteiger partial charge is 0.327 e. The molecule has 0 saturated carbocycles. The summed E-state index contributed by atoms with van der Waals surface area (Å²) >= 11 is 0. The summed E-state index contributed by atoms with van der Waals surface area (Å²) in [6.45, 7) is 9.41. The zero-order chi connectivity index (χ0) is 17.6. The molecule has 3 atom stereocenters. The van der Waals surface area contributed by atoms with Crippen molar-refractivity contribution in [1.82, 2.24) is 0 Å². The van der Waals surface area contributed by atoms with Gasteiger partial charge in [0.1, 0.15) is 0 Å². The number of rotatable bonds is 16. The third kappa shape index (κ3) is 11.7. The first kappa shape index (κ1) is 22.6. The number of nitrogens with two attached hydrogens (primary N) is 1. The summed E-state index contributed by atoms with van der Waals surface area (Å²) < 4.78 is 0. The lowest BCUT2D eigenvalue weighted by Gasteiger charge is -2.26. The van der Waals surface area contributed by atoms with E-state index in [9.17, 15) is 4.91 Å². The summed E-state index contributed by atoms with van der Waals surface area (Å²) in [5, 5.41) is 3.15. The van der Waals surface area contributed by atoms with Gasteiger partial charge in [-0.25, -0.2) is 0 Å². The SMILES string of the molecule is CCCC(C)C(N)CCCCCCCCC(C)(CCC)CN=O. The highest BCUT2D eigenvalue weighted by Crippen LogP contribution is 2.30. The number of nitroso groups, excluding NO2 is 1. The Bertz CT molecular complexity index is 283. The van der Waals surface area contributed by atoms with Gasteiger partial charge in [-0.1, -0.05) is 84.2 Å². The monoisotopic (exact) mass is 326 g/mol. The van der Waals surface area contributed by atoms with Crippen molar-refractivity contribution in [3.8, 4) is 0 Å². The fourth-order valence-corrected chi connectivity index (χ4v) is 3.64. The van der Waals surface area contributed by atoms with Crippen LogP contribution < -0.4 is 5.73 Å². The fraction of sp³-hybridized carbons (Fsp3) is 1.00. The summed E-state index contributed by atoms with van der Waals surface area (Å²) in [6, 6.07) is 0.389. The van der Waals surface area contributed by atoms with Crippen LogP contribution in [-0.2, 0) is 0 Å². The molecule has 23 heavy (non-hydrogen) atoms. The van der Waals surface area contributed by atoms with Crippen LogP contribution in [0, 0.1) is 16.2 Å². The lowest BCUT2D eigenvalue weighted by Crippen LogP contribution is -2.27. The molecule has 3 heteroatoms. The average molecular weight is 327 g/mol. The Morgan fingerprint density at radius 1 is 0.913 bits per heavy atom. The predicted molar refractivity (Wildman–Crippen MR) is 103 cm³/mol. The zero-order valence-corrected chi connectivity index (χ0v) is 16.3. The lowest BCUT2D eigenvalue weighted by molar-refractivity contribution is 0.269. The number of hydrogen-bond donors (Lipinski definition) is 1. The molecule has 0 saturated heterocycles. The van der Waals surface area contributed by atoms with Crippen LogP contribution in [0.4, 0.5) is 0 Å². The minimum atomic E-state index is 0.138. The normalized spacial score (nSPS) is 16.7. The van der Waals surface area contributed by atoms with E-state index in [-0.39, 0.29) is 5.41 Å². The third-order valence-corrected chi connectivity index (χ3v) is 5.34. The van der Waals surface area contributed by atoms with Crippen molar-refractivity contribution >= 4 is 0 Å². The van der Waals surface area contributed by atoms with Crippen molar-refractivity contribution in [3.05, 3.63) is 4.91 Å². The average Bonchev–Trinajstić information content (AvgIpc) is 2.50. The van der Waals surface area contributed by atoms with E-state index in [0.29, 0.717) is 18.5 Å². The number of unbranched alkanes of at least 4 members (excludes halogenated alkanes) is 5. The highest BCUT2D eigenvalue weighted by atomic mass is 16.3. The summed E-state index contributed by atoms with van der Waals surface area (Å²) in [7, 11) is 0. The highest BCUT2D eigenvalue weighted by molar-refractivity contribution is 4.76. The van der Waals surface area contributed by atoms with E-state index in [1.54, 1.807) is 0 Å². The summed E-state index contributed by atoms with van der Waals surface area (Å²) in [5.74, 6) is 0.669. The molecule has 0 aliphatic heterocycles. The van der Waals surface area contributed by atoms with E-state index in [1.807, 2.05) is 0 Å². The number of nitrogens with zero attached hydrogens (tertiary/aromatic N) is 1. The van der Waals surface area contributed by atoms with Crippen LogP contribution in [0.1, 0.15) is 105 Å². The maximum atomic E-state index is 10.6. The second-order valence-corrected chi connectivity index (χ2v) is 7.94. The molecule has 0 rings (SSSR count). The molecule has 0 aliphatic carbocycles. The van der Waals surface area contributed by atoms with E-state index < -0.39 is 0 Å². The van der Waals surface area contributed by atoms with Gasteiger partial charge in [0, 0.05) is 6.04 Å². The molecule has 0 bridgehead atoms. The second kappa shape index (κ2) is 13.9. The second-order valence-electron chi connectivity index (χ2n) is 7.94. The lowest BCUT2D eigenvalue weighted by atomic mass is 9.80. The Balaban J connectivity index is 3.60. The molecule has 0 radical (unpaired) electrons. The molecule has 2 N–H and O–H groups in total. The Kier molecular flexibility index (Phi) is 13.7. The summed E-state index contributed by atoms with van der Waals surface area (Å²) in [4.78, 5) is 10.6. The maximum absolute atomic E-state index is 10.6. The van der Waals surface area contributed by atoms with Crippen molar-refractivity contribution in [2.75, 3.05) is 6.54 Å². The molecule has 0 amide bonds. The molecule has 138 valence electrons. The van der Waals surface area contributed by atoms with E-state index in [2.05, 4.69) is 32.9 Å². The van der Waals surface area contributed by atoms with Gasteiger partial charge in [0.2, 0.25) is 0 Å². The zero-order valence-electron chi connectivity index (χ0n) is 16.3. The van der Waals surface area contributed by atoms with Gasteiger partial charge >= 0.3 is 0 Å². The first-order valence-corrected chi connectivity index (χ1v) is 10.0. The molecule has 0 spiro atoms. The van der Waals surface area contributed by atoms with Gasteiger partial charge in [0.05, 0.1) is 6.54 Å². The van der Waals surface area contributed by atoms with Gasteiger partial charge in [0.25, 0.3) is 0 Å². The standard InChI is InChI=1S/C20H42N2O/c1-5-13-18(3)19(21)14-11-9-7-8-10-12-16-20(4,15-6-2)17-22-23/h18-19H,5-17,21H2,1-4H3. The third-order valence-electron chi connectivity index (χ3n) is 5.34. The van der Waals surface area contributed by atoms with Crippen LogP contribution in [0.3, 0.4) is 0 Å². The van der Waals surface area contributed by atoms with Crippen LogP contribution in [0.15, 0.2) is 5.18 Å². The Labute approximate surface area is 145 Å². The molecule has 0 aliphatic rings. The Hall–Kier alpha value is -0.440. The van der Waals surface area contributed by atoms with Crippen molar-refractivity contribution < 1.29 is 0 Å². The smallest absolute Gasteiger partial charge is 0.0864 e. The predicted octanol–water partition coefficient (Wildman–Crippen LogP) is 6.44. The Morgan fingerprint density at radius 2 is 1.52 bits per heavy atom. The van der Waals surface area contributed by atoms with Gasteiger partial charge < -0.3 is 5.73 Å². The quantitative estimate of drug-likeness (QED) is 0.262. The molecule has 3 unspecified atom stereocenters. The van der Waals surface area contributed by atoms with Gasteiger partial charge in [-0.3, -0.25) is 0 Å². The molecule has 0 aromatic heterocycles. The van der Waals surface area contributed by atoms with E-state index >= 15 is 0 Å². The maximum Gasteiger partial charge on any atom is 0.0864 e. The summed E-state index contributed by atoms with van der Waals surface area (Å²) in [5.41, 5.74) is 6.37. The topological polar surface area (TPSA) is 55.4 Å². The van der Waals surface area contributed by atoms with E-state index in [1.165, 1.54) is 57.8 Å². The molecular weight excluding hydrogens is 284 g/mol. The fourth-order valence-electron chi connectivity index (χ4n) is 3.64. The van der Waals surface area contributed by atoms with Gasteiger partial charge in [0.15, 0.2) is 0 Å². The molecule has 0 aromatic carbocycles. The van der Waals surface area contributed by atoms with Crippen molar-refractivity contribution in [1.29, 1.82) is 0 Å². The van der Waals surface area contributed by atoms with Crippen LogP contribution in [0.25, 0.3) is 0 Å².